The van der Waals surface area contributed by atoms with Gasteiger partial charge >= 0.3 is 37.3 Å². The fraction of sp³-hybridized carbons (Fsp3) is 1.00. The Morgan fingerprint density at radius 2 is 0.714 bits per heavy atom. The minimum Gasteiger partial charge on any atom is -0.250 e. The number of hydrogen-bond acceptors (Lipinski definition) is 12. The van der Waals surface area contributed by atoms with Crippen molar-refractivity contribution in [1.82, 2.24) is 0 Å². The summed E-state index contributed by atoms with van der Waals surface area (Å²) in [7, 11) is -0.215. The Kier molecular flexibility index (Phi) is 11.9. The lowest BCUT2D eigenvalue weighted by Crippen LogP contribution is -2.52. The Morgan fingerprint density at radius 1 is 0.500 bits per heavy atom. The van der Waals surface area contributed by atoms with Gasteiger partial charge in [0.05, 0.1) is 11.8 Å². The largest absolute Gasteiger partial charge is 0.356 e. The molecule has 0 amide bonds. The van der Waals surface area contributed by atoms with Crippen molar-refractivity contribution in [3.05, 3.63) is 0 Å². The van der Waals surface area contributed by atoms with Gasteiger partial charge in [-0.2, -0.15) is 33.7 Å². The van der Waals surface area contributed by atoms with Crippen molar-refractivity contribution in [3.8, 4) is 0 Å². The van der Waals surface area contributed by atoms with Gasteiger partial charge in [0.25, 0.3) is 0 Å². The van der Waals surface area contributed by atoms with E-state index in [1.54, 1.807) is 0 Å². The van der Waals surface area contributed by atoms with E-state index in [0.29, 0.717) is 0 Å². The minimum absolute atomic E-state index is 0.937. The lowest BCUT2D eigenvalue weighted by molar-refractivity contribution is -0.0433. The molecule has 0 spiro atoms. The Hall–Kier alpha value is 1.38. The molecular weight excluding hydrogens is 605 g/mol. The zero-order valence-electron chi connectivity index (χ0n) is 12.5. The van der Waals surface area contributed by atoms with Gasteiger partial charge in [-0.05, 0) is 0 Å². The molecule has 0 aromatic rings. The highest BCUT2D eigenvalue weighted by atomic mass is 35.7. The van der Waals surface area contributed by atoms with Crippen molar-refractivity contribution in [3.63, 3.8) is 0 Å². The third-order valence-corrected chi connectivity index (χ3v) is 5.63. The standard InChI is InChI=1S/C6H8Cl6O12S4/c7-1-3(21-25(9,13)14)5(23-27(11,17)18)6(24-28(12,19)20)4(2-8)22-26(10,15)16/h3-6H,1-2H2/t3-,4+,5-,6+. The third kappa shape index (κ3) is 13.6. The zero-order chi connectivity index (χ0) is 22.6. The van der Waals surface area contributed by atoms with Gasteiger partial charge in [-0.1, -0.05) is 0 Å². The number of alkyl halides is 2. The van der Waals surface area contributed by atoms with Gasteiger partial charge in [0, 0.05) is 42.7 Å². The van der Waals surface area contributed by atoms with E-state index >= 15 is 0 Å². The Bertz CT molecular complexity index is 851. The molecule has 0 N–H and O–H groups in total. The summed E-state index contributed by atoms with van der Waals surface area (Å²) in [6.45, 7) is 0. The van der Waals surface area contributed by atoms with Crippen LogP contribution in [0.2, 0.25) is 0 Å². The predicted molar refractivity (Wildman–Crippen MR) is 100 cm³/mol. The summed E-state index contributed by atoms with van der Waals surface area (Å²) in [4.78, 5) is 0. The van der Waals surface area contributed by atoms with Crippen LogP contribution in [0.5, 0.6) is 0 Å². The fourth-order valence-corrected chi connectivity index (χ4v) is 5.19. The second-order valence-corrected chi connectivity index (χ2v) is 13.3. The number of rotatable bonds is 13. The molecule has 0 aromatic heterocycles. The van der Waals surface area contributed by atoms with Gasteiger partial charge in [0.2, 0.25) is 0 Å². The van der Waals surface area contributed by atoms with Crippen LogP contribution in [0.25, 0.3) is 0 Å². The van der Waals surface area contributed by atoms with Crippen molar-refractivity contribution in [2.75, 3.05) is 11.8 Å². The lowest BCUT2D eigenvalue weighted by atomic mass is 10.1. The summed E-state index contributed by atoms with van der Waals surface area (Å²) >= 11 is 10.9. The second-order valence-electron chi connectivity index (χ2n) is 4.27. The number of halogens is 6. The number of hydrogen-bond donors (Lipinski definition) is 0. The van der Waals surface area contributed by atoms with Crippen molar-refractivity contribution in [1.29, 1.82) is 0 Å². The first kappa shape index (κ1) is 29.4. The molecule has 0 radical (unpaired) electrons. The molecule has 0 aromatic carbocycles. The van der Waals surface area contributed by atoms with Crippen LogP contribution in [0.3, 0.4) is 0 Å². The molecule has 0 saturated carbocycles. The van der Waals surface area contributed by atoms with Crippen LogP contribution in [-0.4, -0.2) is 69.8 Å². The predicted octanol–water partition coefficient (Wildman–Crippen LogP) is 0.939. The smallest absolute Gasteiger partial charge is 0.250 e. The summed E-state index contributed by atoms with van der Waals surface area (Å²) in [5.74, 6) is -1.87. The SMILES string of the molecule is O=S(=O)(Cl)O[C@H]([C@H](OS(=O)(=O)Cl)[C@@H](CCl)OS(=O)(=O)Cl)[C@H](CCl)OS(=O)(=O)Cl. The highest BCUT2D eigenvalue weighted by Gasteiger charge is 2.45. The molecule has 12 nitrogen and oxygen atoms in total. The topological polar surface area (TPSA) is 173 Å². The van der Waals surface area contributed by atoms with Gasteiger partial charge in [-0.25, -0.2) is 8.37 Å². The minimum atomic E-state index is -5.02. The highest BCUT2D eigenvalue weighted by molar-refractivity contribution is 8.10. The summed E-state index contributed by atoms with van der Waals surface area (Å²) in [5, 5.41) is 0. The Balaban J connectivity index is 6.47. The average Bonchev–Trinajstić information content (AvgIpc) is 2.42. The van der Waals surface area contributed by atoms with Crippen LogP contribution < -0.4 is 0 Å². The zero-order valence-corrected chi connectivity index (χ0v) is 20.3. The second kappa shape index (κ2) is 11.3. The third-order valence-electron chi connectivity index (χ3n) is 2.29. The summed E-state index contributed by atoms with van der Waals surface area (Å²) < 4.78 is 107. The normalized spacial score (nSPS) is 18.4. The molecule has 0 heterocycles. The van der Waals surface area contributed by atoms with E-state index in [9.17, 15) is 33.7 Å². The van der Waals surface area contributed by atoms with Crippen molar-refractivity contribution in [2.24, 2.45) is 0 Å². The van der Waals surface area contributed by atoms with Gasteiger partial charge in [-0.15, -0.1) is 23.2 Å². The van der Waals surface area contributed by atoms with E-state index in [1.807, 2.05) is 0 Å². The van der Waals surface area contributed by atoms with Crippen LogP contribution in [0.1, 0.15) is 0 Å². The molecule has 0 aliphatic carbocycles. The molecule has 0 unspecified atom stereocenters. The van der Waals surface area contributed by atoms with Crippen LogP contribution in [-0.2, 0) is 54.1 Å². The molecule has 0 fully saturated rings. The van der Waals surface area contributed by atoms with Crippen molar-refractivity contribution in [2.45, 2.75) is 24.4 Å². The Labute approximate surface area is 188 Å². The molecule has 0 aliphatic heterocycles. The quantitative estimate of drug-likeness (QED) is 0.213. The molecule has 0 aliphatic rings. The maximum absolute atomic E-state index is 11.3. The molecule has 170 valence electrons. The fourth-order valence-electron chi connectivity index (χ4n) is 1.55. The molecule has 22 heteroatoms. The van der Waals surface area contributed by atoms with E-state index < -0.39 is 73.5 Å². The molecule has 4 atom stereocenters. The average molecular weight is 613 g/mol. The van der Waals surface area contributed by atoms with Crippen LogP contribution in [0, 0.1) is 0 Å². The first-order valence-electron chi connectivity index (χ1n) is 5.91. The molecule has 0 bridgehead atoms. The first-order chi connectivity index (χ1) is 12.3. The molecule has 28 heavy (non-hydrogen) atoms. The van der Waals surface area contributed by atoms with Gasteiger partial charge < -0.3 is 0 Å². The maximum Gasteiger partial charge on any atom is 0.356 e. The van der Waals surface area contributed by atoms with Crippen molar-refractivity contribution >= 4 is 103 Å². The summed E-state index contributed by atoms with van der Waals surface area (Å²) in [6.07, 6.45) is -9.12. The highest BCUT2D eigenvalue weighted by Crippen LogP contribution is 2.27. The first-order valence-corrected chi connectivity index (χ1v) is 15.9. The molecule has 0 saturated heterocycles. The molecular formula is C6H8Cl6O12S4. The van der Waals surface area contributed by atoms with E-state index in [0.717, 1.165) is 0 Å². The van der Waals surface area contributed by atoms with Crippen LogP contribution in [0.4, 0.5) is 0 Å². The van der Waals surface area contributed by atoms with E-state index in [2.05, 4.69) is 16.7 Å². The van der Waals surface area contributed by atoms with E-state index in [-0.39, 0.29) is 0 Å². The summed E-state index contributed by atoms with van der Waals surface area (Å²) in [6, 6.07) is 0. The van der Waals surface area contributed by atoms with E-state index in [1.165, 1.54) is 0 Å². The van der Waals surface area contributed by atoms with Crippen LogP contribution in [0.15, 0.2) is 0 Å². The Morgan fingerprint density at radius 3 is 0.857 bits per heavy atom. The lowest BCUT2D eigenvalue weighted by Gasteiger charge is -2.32. The van der Waals surface area contributed by atoms with Gasteiger partial charge in [0.15, 0.2) is 0 Å². The maximum atomic E-state index is 11.3. The molecule has 0 rings (SSSR count). The van der Waals surface area contributed by atoms with Crippen molar-refractivity contribution < 1.29 is 50.4 Å². The van der Waals surface area contributed by atoms with Gasteiger partial charge in [-0.3, -0.25) is 8.37 Å². The van der Waals surface area contributed by atoms with Crippen LogP contribution >= 0.6 is 65.9 Å². The van der Waals surface area contributed by atoms with E-state index in [4.69, 9.17) is 65.9 Å². The monoisotopic (exact) mass is 610 g/mol. The summed E-state index contributed by atoms with van der Waals surface area (Å²) in [5.41, 5.74) is 0. The van der Waals surface area contributed by atoms with Gasteiger partial charge in [0.1, 0.15) is 24.4 Å².